The molecule has 0 aromatic carbocycles. The van der Waals surface area contributed by atoms with Gasteiger partial charge in [-0.2, -0.15) is 0 Å². The van der Waals surface area contributed by atoms with Gasteiger partial charge >= 0.3 is 0 Å². The number of hydrogen-bond acceptors (Lipinski definition) is 4. The lowest BCUT2D eigenvalue weighted by atomic mass is 9.89. The highest BCUT2D eigenvalue weighted by Gasteiger charge is 2.31. The number of hydroxylamine groups is 1. The molecule has 1 amide bonds. The summed E-state index contributed by atoms with van der Waals surface area (Å²) >= 11 is -2.28. The van der Waals surface area contributed by atoms with Gasteiger partial charge in [0.25, 0.3) is 0 Å². The topological polar surface area (TPSA) is 89.5 Å². The van der Waals surface area contributed by atoms with Gasteiger partial charge in [-0.25, -0.2) is 5.48 Å². The van der Waals surface area contributed by atoms with Crippen LogP contribution < -0.4 is 5.48 Å². The van der Waals surface area contributed by atoms with Crippen LogP contribution >= 0.6 is 0 Å². The van der Waals surface area contributed by atoms with Gasteiger partial charge in [-0.3, -0.25) is 14.2 Å². The van der Waals surface area contributed by atoms with E-state index in [0.717, 1.165) is 0 Å². The molecule has 0 rings (SSSR count). The molecule has 2 atom stereocenters. The highest BCUT2D eigenvalue weighted by Crippen LogP contribution is 2.21. The molecule has 0 spiro atoms. The van der Waals surface area contributed by atoms with E-state index in [1.54, 1.807) is 6.92 Å². The predicted octanol–water partition coefficient (Wildman–Crippen LogP) is -0.213. The fraction of sp³-hybridized carbons (Fsp3) is 0.833. The number of rotatable bonds is 4. The molecule has 0 radical (unpaired) electrons. The Hall–Kier alpha value is -0.460. The summed E-state index contributed by atoms with van der Waals surface area (Å²) in [6.45, 7) is 3.16. The van der Waals surface area contributed by atoms with Gasteiger partial charge in [0.05, 0.1) is 5.41 Å². The quantitative estimate of drug-likeness (QED) is 0.368. The Kier molecular flexibility index (Phi) is 4.36. The van der Waals surface area contributed by atoms with Gasteiger partial charge in [-0.05, 0) is 13.3 Å². The smallest absolute Gasteiger partial charge is 0.250 e. The maximum absolute atomic E-state index is 11.0. The van der Waals surface area contributed by atoms with E-state index in [-0.39, 0.29) is 5.75 Å². The molecule has 0 aromatic heterocycles. The van der Waals surface area contributed by atoms with Gasteiger partial charge < -0.3 is 4.55 Å². The van der Waals surface area contributed by atoms with Crippen LogP contribution in [0.15, 0.2) is 0 Å². The van der Waals surface area contributed by atoms with Crippen molar-refractivity contribution in [3.8, 4) is 0 Å². The van der Waals surface area contributed by atoms with Crippen LogP contribution in [0.4, 0.5) is 0 Å². The molecule has 0 fully saturated rings. The summed E-state index contributed by atoms with van der Waals surface area (Å²) in [6.07, 6.45) is 0.355. The second-order valence-corrected chi connectivity index (χ2v) is 3.70. The van der Waals surface area contributed by atoms with Crippen molar-refractivity contribution >= 4 is 17.0 Å². The zero-order valence-corrected chi connectivity index (χ0v) is 7.81. The summed E-state index contributed by atoms with van der Waals surface area (Å²) in [5.74, 6) is -0.954. The highest BCUT2D eigenvalue weighted by atomic mass is 32.2. The lowest BCUT2D eigenvalue weighted by Gasteiger charge is -2.26. The van der Waals surface area contributed by atoms with Crippen LogP contribution in [0, 0.1) is 5.41 Å². The minimum absolute atomic E-state index is 0.282. The number of nitrogens with one attached hydrogen (secondary N) is 1. The average molecular weight is 194 g/mol. The molecule has 0 aromatic rings. The van der Waals surface area contributed by atoms with Crippen molar-refractivity contribution in [3.63, 3.8) is 0 Å². The first-order valence-corrected chi connectivity index (χ1v) is 4.71. The molecule has 0 bridgehead atoms. The van der Waals surface area contributed by atoms with Crippen LogP contribution in [0.2, 0.25) is 0 Å². The van der Waals surface area contributed by atoms with Crippen molar-refractivity contribution in [1.29, 1.82) is 0 Å². The summed E-state index contributed by atoms with van der Waals surface area (Å²) < 4.78 is 20.7. The first kappa shape index (κ1) is 11.5. The van der Waals surface area contributed by atoms with Gasteiger partial charge in [-0.1, -0.05) is 18.0 Å². The van der Waals surface area contributed by atoms with E-state index in [2.05, 4.69) is 0 Å². The van der Waals surface area contributed by atoms with Gasteiger partial charge in [-0.15, -0.1) is 0 Å². The van der Waals surface area contributed by atoms with Crippen molar-refractivity contribution in [3.05, 3.63) is 0 Å². The van der Waals surface area contributed by atoms with Crippen molar-refractivity contribution in [2.45, 2.75) is 20.3 Å². The molecular weight excluding hydrogens is 182 g/mol. The maximum Gasteiger partial charge on any atom is 0.250 e. The highest BCUT2D eigenvalue weighted by molar-refractivity contribution is 7.79. The van der Waals surface area contributed by atoms with Crippen molar-refractivity contribution in [2.75, 3.05) is 5.75 Å². The second-order valence-electron chi connectivity index (χ2n) is 2.80. The van der Waals surface area contributed by atoms with Crippen molar-refractivity contribution in [2.24, 2.45) is 5.41 Å². The summed E-state index contributed by atoms with van der Waals surface area (Å²) in [6, 6.07) is 0. The minimum Gasteiger partial charge on any atom is -0.772 e. The zero-order valence-electron chi connectivity index (χ0n) is 6.99. The normalized spacial score (nSPS) is 18.0. The molecule has 0 saturated carbocycles. The molecule has 0 aliphatic rings. The molecular formula is C6H12NO4S-. The molecule has 6 heteroatoms. The molecule has 12 heavy (non-hydrogen) atoms. The molecule has 72 valence electrons. The van der Waals surface area contributed by atoms with Crippen LogP contribution in [0.5, 0.6) is 0 Å². The van der Waals surface area contributed by atoms with E-state index < -0.39 is 22.4 Å². The molecule has 5 nitrogen and oxygen atoms in total. The van der Waals surface area contributed by atoms with E-state index >= 15 is 0 Å². The largest absolute Gasteiger partial charge is 0.772 e. The van der Waals surface area contributed by atoms with E-state index in [9.17, 15) is 13.6 Å². The zero-order chi connectivity index (χ0) is 9.78. The van der Waals surface area contributed by atoms with Crippen LogP contribution in [-0.2, 0) is 15.9 Å². The first-order valence-electron chi connectivity index (χ1n) is 3.46. The maximum atomic E-state index is 11.0. The molecule has 0 heterocycles. The Morgan fingerprint density at radius 2 is 2.25 bits per heavy atom. The summed E-state index contributed by atoms with van der Waals surface area (Å²) in [4.78, 5) is 11.0. The number of carbonyl (C=O) groups excluding carboxylic acids is 1. The Bertz CT molecular complexity index is 196. The van der Waals surface area contributed by atoms with Gasteiger partial charge in [0.15, 0.2) is 0 Å². The fourth-order valence-electron chi connectivity index (χ4n) is 0.723. The van der Waals surface area contributed by atoms with Gasteiger partial charge in [0.2, 0.25) is 5.91 Å². The number of hydrogen-bond donors (Lipinski definition) is 2. The third kappa shape index (κ3) is 2.88. The van der Waals surface area contributed by atoms with E-state index in [4.69, 9.17) is 5.21 Å². The number of carbonyl (C=O) groups is 1. The van der Waals surface area contributed by atoms with Crippen LogP contribution in [0.3, 0.4) is 0 Å². The minimum atomic E-state index is -2.28. The first-order chi connectivity index (χ1) is 5.46. The van der Waals surface area contributed by atoms with Crippen molar-refractivity contribution in [1.82, 2.24) is 5.48 Å². The fourth-order valence-corrected chi connectivity index (χ4v) is 1.58. The van der Waals surface area contributed by atoms with Crippen LogP contribution in [-0.4, -0.2) is 25.6 Å². The lowest BCUT2D eigenvalue weighted by molar-refractivity contribution is -0.137. The standard InChI is InChI=1S/C6H13NO4S/c1-3-6(2,4-12(10)11)5(8)7-9/h9H,3-4H2,1-2H3,(H,7,8)(H,10,11)/p-1. The Morgan fingerprint density at radius 1 is 1.75 bits per heavy atom. The van der Waals surface area contributed by atoms with E-state index in [1.165, 1.54) is 12.4 Å². The Morgan fingerprint density at radius 3 is 2.50 bits per heavy atom. The average Bonchev–Trinajstić information content (AvgIpc) is 2.01. The van der Waals surface area contributed by atoms with Crippen LogP contribution in [0.25, 0.3) is 0 Å². The van der Waals surface area contributed by atoms with E-state index in [1.807, 2.05) is 0 Å². The van der Waals surface area contributed by atoms with E-state index in [0.29, 0.717) is 6.42 Å². The molecule has 0 aliphatic carbocycles. The van der Waals surface area contributed by atoms with Crippen molar-refractivity contribution < 1.29 is 18.8 Å². The Balaban J connectivity index is 4.44. The lowest BCUT2D eigenvalue weighted by Crippen LogP contribution is -2.40. The molecule has 2 unspecified atom stereocenters. The third-order valence-electron chi connectivity index (χ3n) is 1.87. The number of amides is 1. The molecule has 2 N–H and O–H groups in total. The van der Waals surface area contributed by atoms with Gasteiger partial charge in [0.1, 0.15) is 0 Å². The monoisotopic (exact) mass is 194 g/mol. The third-order valence-corrected chi connectivity index (χ3v) is 2.74. The summed E-state index contributed by atoms with van der Waals surface area (Å²) in [5.41, 5.74) is 0.409. The summed E-state index contributed by atoms with van der Waals surface area (Å²) in [5, 5.41) is 8.31. The van der Waals surface area contributed by atoms with Gasteiger partial charge in [0, 0.05) is 5.75 Å². The Labute approximate surface area is 73.4 Å². The molecule has 0 saturated heterocycles. The SMILES string of the molecule is CCC(C)(CS(=O)[O-])C(=O)NO. The second kappa shape index (κ2) is 4.54. The predicted molar refractivity (Wildman–Crippen MR) is 42.1 cm³/mol. The summed E-state index contributed by atoms with van der Waals surface area (Å²) in [7, 11) is 0. The van der Waals surface area contributed by atoms with Crippen LogP contribution in [0.1, 0.15) is 20.3 Å². The molecule has 0 aliphatic heterocycles.